The molecule has 1 N–H and O–H groups in total. The van der Waals surface area contributed by atoms with Crippen molar-refractivity contribution < 1.29 is 0 Å². The molecule has 1 saturated heterocycles. The van der Waals surface area contributed by atoms with Gasteiger partial charge in [-0.05, 0) is 45.7 Å². The molecule has 2 aromatic heterocycles. The zero-order valence-corrected chi connectivity index (χ0v) is 16.1. The van der Waals surface area contributed by atoms with Crippen LogP contribution in [0.5, 0.6) is 0 Å². The maximum Gasteiger partial charge on any atom is 0.225 e. The first-order valence-corrected chi connectivity index (χ1v) is 9.62. The molecule has 4 nitrogen and oxygen atoms in total. The standard InChI is InChI=1S/C20H24N4S/c1-13-6-8-14(9-7-13)16-12-15-17(25-16)18(24-10-5-11-24)22-19(21-15)23-20(2,3)4/h6-9,12H,5,10-11H2,1-4H3,(H,21,22,23). The third-order valence-corrected chi connectivity index (χ3v) is 5.50. The lowest BCUT2D eigenvalue weighted by atomic mass is 10.1. The molecule has 0 radical (unpaired) electrons. The fraction of sp³-hybridized carbons (Fsp3) is 0.400. The minimum Gasteiger partial charge on any atom is -0.355 e. The van der Waals surface area contributed by atoms with E-state index < -0.39 is 0 Å². The van der Waals surface area contributed by atoms with Crippen LogP contribution in [0.4, 0.5) is 11.8 Å². The first kappa shape index (κ1) is 16.3. The summed E-state index contributed by atoms with van der Waals surface area (Å²) < 4.78 is 1.19. The van der Waals surface area contributed by atoms with Crippen LogP contribution in [0.2, 0.25) is 0 Å². The van der Waals surface area contributed by atoms with Crippen molar-refractivity contribution in [3.05, 3.63) is 35.9 Å². The normalized spacial score (nSPS) is 14.6. The highest BCUT2D eigenvalue weighted by molar-refractivity contribution is 7.22. The molecule has 1 aromatic carbocycles. The Morgan fingerprint density at radius 1 is 1.08 bits per heavy atom. The van der Waals surface area contributed by atoms with Gasteiger partial charge in [-0.15, -0.1) is 11.3 Å². The number of nitrogens with one attached hydrogen (secondary N) is 1. The summed E-state index contributed by atoms with van der Waals surface area (Å²) in [5.74, 6) is 1.79. The number of hydrogen-bond donors (Lipinski definition) is 1. The molecular weight excluding hydrogens is 328 g/mol. The molecule has 130 valence electrons. The van der Waals surface area contributed by atoms with Gasteiger partial charge in [0.2, 0.25) is 5.95 Å². The summed E-state index contributed by atoms with van der Waals surface area (Å²) in [5.41, 5.74) is 3.50. The fourth-order valence-corrected chi connectivity index (χ4v) is 4.03. The van der Waals surface area contributed by atoms with Gasteiger partial charge in [0.05, 0.1) is 10.2 Å². The molecule has 0 spiro atoms. The first-order valence-electron chi connectivity index (χ1n) is 8.81. The summed E-state index contributed by atoms with van der Waals surface area (Å²) >= 11 is 1.79. The monoisotopic (exact) mass is 352 g/mol. The third-order valence-electron chi connectivity index (χ3n) is 4.33. The van der Waals surface area contributed by atoms with Gasteiger partial charge in [0.25, 0.3) is 0 Å². The SMILES string of the molecule is Cc1ccc(-c2cc3nc(NC(C)(C)C)nc(N4CCC4)c3s2)cc1. The molecular formula is C20H24N4S. The van der Waals surface area contributed by atoms with Gasteiger partial charge < -0.3 is 10.2 Å². The van der Waals surface area contributed by atoms with Crippen molar-refractivity contribution in [1.82, 2.24) is 9.97 Å². The quantitative estimate of drug-likeness (QED) is 0.713. The van der Waals surface area contributed by atoms with E-state index in [0.717, 1.165) is 30.4 Å². The molecule has 3 heterocycles. The molecule has 25 heavy (non-hydrogen) atoms. The predicted octanol–water partition coefficient (Wildman–Crippen LogP) is 5.09. The molecule has 1 aliphatic heterocycles. The summed E-state index contributed by atoms with van der Waals surface area (Å²) in [5, 5.41) is 3.43. The van der Waals surface area contributed by atoms with Crippen LogP contribution in [0.1, 0.15) is 32.8 Å². The van der Waals surface area contributed by atoms with Gasteiger partial charge in [-0.1, -0.05) is 29.8 Å². The second-order valence-electron chi connectivity index (χ2n) is 7.78. The molecule has 1 aliphatic rings. The lowest BCUT2D eigenvalue weighted by molar-refractivity contribution is 0.607. The molecule has 5 heteroatoms. The number of hydrogen-bond acceptors (Lipinski definition) is 5. The third kappa shape index (κ3) is 3.33. The minimum absolute atomic E-state index is 0.0598. The van der Waals surface area contributed by atoms with Crippen LogP contribution in [0.25, 0.3) is 20.7 Å². The molecule has 0 aliphatic carbocycles. The van der Waals surface area contributed by atoms with Gasteiger partial charge in [-0.3, -0.25) is 0 Å². The van der Waals surface area contributed by atoms with Gasteiger partial charge in [0.1, 0.15) is 0 Å². The summed E-state index contributed by atoms with van der Waals surface area (Å²) in [7, 11) is 0. The van der Waals surface area contributed by atoms with Crippen LogP contribution in [-0.2, 0) is 0 Å². The topological polar surface area (TPSA) is 41.1 Å². The van der Waals surface area contributed by atoms with Crippen molar-refractivity contribution in [2.75, 3.05) is 23.3 Å². The van der Waals surface area contributed by atoms with Crippen molar-refractivity contribution in [2.24, 2.45) is 0 Å². The number of fused-ring (bicyclic) bond motifs is 1. The summed E-state index contributed by atoms with van der Waals surface area (Å²) in [4.78, 5) is 13.2. The zero-order chi connectivity index (χ0) is 17.6. The Morgan fingerprint density at radius 3 is 2.40 bits per heavy atom. The molecule has 0 amide bonds. The molecule has 0 unspecified atom stereocenters. The number of anilines is 2. The molecule has 0 bridgehead atoms. The highest BCUT2D eigenvalue weighted by Crippen LogP contribution is 2.39. The van der Waals surface area contributed by atoms with E-state index in [1.807, 2.05) is 0 Å². The van der Waals surface area contributed by atoms with E-state index in [9.17, 15) is 0 Å². The average Bonchev–Trinajstić information content (AvgIpc) is 2.88. The van der Waals surface area contributed by atoms with E-state index in [1.165, 1.54) is 27.1 Å². The smallest absolute Gasteiger partial charge is 0.225 e. The Labute approximate surface area is 152 Å². The van der Waals surface area contributed by atoms with Crippen molar-refractivity contribution in [3.63, 3.8) is 0 Å². The summed E-state index contributed by atoms with van der Waals surface area (Å²) in [6.07, 6.45) is 1.24. The van der Waals surface area contributed by atoms with Crippen LogP contribution in [0, 0.1) is 6.92 Å². The van der Waals surface area contributed by atoms with E-state index in [2.05, 4.69) is 68.2 Å². The Kier molecular flexibility index (Phi) is 3.91. The predicted molar refractivity (Wildman–Crippen MR) is 108 cm³/mol. The van der Waals surface area contributed by atoms with E-state index in [1.54, 1.807) is 11.3 Å². The van der Waals surface area contributed by atoms with E-state index in [-0.39, 0.29) is 5.54 Å². The number of aromatic nitrogens is 2. The van der Waals surface area contributed by atoms with Gasteiger partial charge in [-0.2, -0.15) is 4.98 Å². The lowest BCUT2D eigenvalue weighted by Gasteiger charge is -2.32. The van der Waals surface area contributed by atoms with Gasteiger partial charge >= 0.3 is 0 Å². The Hall–Kier alpha value is -2.14. The zero-order valence-electron chi connectivity index (χ0n) is 15.3. The summed E-state index contributed by atoms with van der Waals surface area (Å²) in [6, 6.07) is 10.9. The van der Waals surface area contributed by atoms with Crippen LogP contribution in [0.15, 0.2) is 30.3 Å². The highest BCUT2D eigenvalue weighted by atomic mass is 32.1. The number of benzene rings is 1. The first-order chi connectivity index (χ1) is 11.9. The molecule has 0 atom stereocenters. The van der Waals surface area contributed by atoms with Crippen molar-refractivity contribution >= 4 is 33.3 Å². The number of aryl methyl sites for hydroxylation is 1. The highest BCUT2D eigenvalue weighted by Gasteiger charge is 2.23. The second kappa shape index (κ2) is 5.99. The minimum atomic E-state index is -0.0598. The maximum atomic E-state index is 4.84. The van der Waals surface area contributed by atoms with Gasteiger partial charge in [0, 0.05) is 23.5 Å². The largest absolute Gasteiger partial charge is 0.355 e. The van der Waals surface area contributed by atoms with Crippen LogP contribution < -0.4 is 10.2 Å². The lowest BCUT2D eigenvalue weighted by Crippen LogP contribution is -2.38. The van der Waals surface area contributed by atoms with Crippen molar-refractivity contribution in [2.45, 2.75) is 39.7 Å². The Bertz CT molecular complexity index is 902. The van der Waals surface area contributed by atoms with E-state index in [0.29, 0.717) is 0 Å². The van der Waals surface area contributed by atoms with Crippen LogP contribution in [0.3, 0.4) is 0 Å². The Balaban J connectivity index is 1.82. The summed E-state index contributed by atoms with van der Waals surface area (Å²) in [6.45, 7) is 10.7. The maximum absolute atomic E-state index is 4.84. The fourth-order valence-electron chi connectivity index (χ4n) is 2.91. The van der Waals surface area contributed by atoms with E-state index >= 15 is 0 Å². The number of thiophene rings is 1. The Morgan fingerprint density at radius 2 is 1.80 bits per heavy atom. The van der Waals surface area contributed by atoms with Crippen molar-refractivity contribution in [3.8, 4) is 10.4 Å². The molecule has 3 aromatic rings. The van der Waals surface area contributed by atoms with Gasteiger partial charge in [-0.25, -0.2) is 4.98 Å². The van der Waals surface area contributed by atoms with Crippen LogP contribution in [-0.4, -0.2) is 28.6 Å². The molecule has 1 fully saturated rings. The van der Waals surface area contributed by atoms with Gasteiger partial charge in [0.15, 0.2) is 5.82 Å². The number of rotatable bonds is 3. The molecule has 0 saturated carbocycles. The van der Waals surface area contributed by atoms with Crippen molar-refractivity contribution in [1.29, 1.82) is 0 Å². The van der Waals surface area contributed by atoms with Crippen LogP contribution >= 0.6 is 11.3 Å². The average molecular weight is 353 g/mol. The van der Waals surface area contributed by atoms with E-state index in [4.69, 9.17) is 9.97 Å². The number of nitrogens with zero attached hydrogens (tertiary/aromatic N) is 3. The second-order valence-corrected chi connectivity index (χ2v) is 8.83. The molecule has 4 rings (SSSR count).